The Morgan fingerprint density at radius 1 is 1.21 bits per heavy atom. The molecule has 1 atom stereocenters. The first kappa shape index (κ1) is 18.0. The molecule has 1 aliphatic heterocycles. The highest BCUT2D eigenvalue weighted by Crippen LogP contribution is 2.22. The van der Waals surface area contributed by atoms with Gasteiger partial charge in [0.25, 0.3) is 0 Å². The number of urea groups is 1. The van der Waals surface area contributed by atoms with Crippen LogP contribution in [0.5, 0.6) is 0 Å². The largest absolute Gasteiger partial charge is 0.359 e. The molecule has 1 unspecified atom stereocenters. The monoisotopic (exact) mass is 380 g/mol. The van der Waals surface area contributed by atoms with Crippen LogP contribution >= 0.6 is 0 Å². The summed E-state index contributed by atoms with van der Waals surface area (Å²) in [6, 6.07) is 13.2. The van der Waals surface area contributed by atoms with Gasteiger partial charge < -0.3 is 20.5 Å². The van der Waals surface area contributed by atoms with E-state index in [1.54, 1.807) is 17.0 Å². The molecule has 3 aromatic rings. The number of nitrogens with zero attached hydrogens (tertiary/aromatic N) is 1. The molecule has 3 amide bonds. The highest BCUT2D eigenvalue weighted by atomic mass is 19.1. The van der Waals surface area contributed by atoms with E-state index < -0.39 is 0 Å². The summed E-state index contributed by atoms with van der Waals surface area (Å²) in [4.78, 5) is 29.3. The molecule has 3 N–H and O–H groups in total. The minimum Gasteiger partial charge on any atom is -0.359 e. The Morgan fingerprint density at radius 3 is 2.79 bits per heavy atom. The second-order valence-electron chi connectivity index (χ2n) is 7.08. The van der Waals surface area contributed by atoms with Gasteiger partial charge in [-0.3, -0.25) is 4.79 Å². The number of hydrogen-bond acceptors (Lipinski definition) is 2. The fourth-order valence-corrected chi connectivity index (χ4v) is 3.53. The van der Waals surface area contributed by atoms with Gasteiger partial charge in [-0.1, -0.05) is 6.07 Å². The molecule has 1 fully saturated rings. The van der Waals surface area contributed by atoms with Crippen LogP contribution < -0.4 is 15.5 Å². The molecular formula is C21H21FN4O2. The third-order valence-corrected chi connectivity index (χ3v) is 4.87. The Labute approximate surface area is 161 Å². The zero-order valence-electron chi connectivity index (χ0n) is 15.5. The average Bonchev–Trinajstić information content (AvgIpc) is 3.21. The number of fused-ring (bicyclic) bond motifs is 1. The Hall–Kier alpha value is -3.35. The molecule has 0 radical (unpaired) electrons. The maximum absolute atomic E-state index is 13.1. The number of benzene rings is 2. The van der Waals surface area contributed by atoms with Crippen molar-refractivity contribution >= 4 is 28.5 Å². The van der Waals surface area contributed by atoms with E-state index >= 15 is 0 Å². The van der Waals surface area contributed by atoms with Crippen molar-refractivity contribution in [3.05, 3.63) is 65.6 Å². The summed E-state index contributed by atoms with van der Waals surface area (Å²) in [7, 11) is 0. The summed E-state index contributed by atoms with van der Waals surface area (Å²) in [6.45, 7) is 2.77. The van der Waals surface area contributed by atoms with Gasteiger partial charge >= 0.3 is 6.03 Å². The number of aromatic nitrogens is 1. The number of amides is 3. The van der Waals surface area contributed by atoms with E-state index in [1.807, 2.05) is 25.1 Å². The molecule has 0 saturated carbocycles. The smallest absolute Gasteiger partial charge is 0.315 e. The minimum atomic E-state index is -0.350. The van der Waals surface area contributed by atoms with Crippen LogP contribution in [0.3, 0.4) is 0 Å². The maximum atomic E-state index is 13.1. The van der Waals surface area contributed by atoms with Crippen LogP contribution in [0.4, 0.5) is 14.9 Å². The fraction of sp³-hybridized carbons (Fsp3) is 0.238. The van der Waals surface area contributed by atoms with Crippen molar-refractivity contribution in [1.82, 2.24) is 15.6 Å². The number of halogens is 1. The molecule has 2 aromatic carbocycles. The van der Waals surface area contributed by atoms with E-state index in [2.05, 4.69) is 21.7 Å². The maximum Gasteiger partial charge on any atom is 0.315 e. The van der Waals surface area contributed by atoms with Crippen molar-refractivity contribution in [3.63, 3.8) is 0 Å². The number of hydrogen-bond donors (Lipinski definition) is 3. The number of aryl methyl sites for hydroxylation is 1. The predicted octanol–water partition coefficient (Wildman–Crippen LogP) is 3.22. The summed E-state index contributed by atoms with van der Waals surface area (Å²) in [5.41, 5.74) is 3.79. The molecule has 7 heteroatoms. The Morgan fingerprint density at radius 2 is 2.00 bits per heavy atom. The third-order valence-electron chi connectivity index (χ3n) is 4.87. The van der Waals surface area contributed by atoms with E-state index in [0.717, 1.165) is 22.2 Å². The molecule has 0 bridgehead atoms. The normalized spacial score (nSPS) is 16.6. The summed E-state index contributed by atoms with van der Waals surface area (Å²) in [5, 5.41) is 6.78. The zero-order valence-corrected chi connectivity index (χ0v) is 15.5. The summed E-state index contributed by atoms with van der Waals surface area (Å²) in [5.74, 6) is -0.442. The minimum absolute atomic E-state index is 0.0924. The standard InChI is InChI=1S/C21H21FN4O2/c1-13-8-15-9-14(2-7-19(15)24-13)11-23-21(28)25-17-10-20(27)26(12-17)18-5-3-16(22)4-6-18/h2-9,17,24H,10-12H2,1H3,(H2,23,25,28). The van der Waals surface area contributed by atoms with Crippen molar-refractivity contribution in [2.75, 3.05) is 11.4 Å². The number of carbonyl (C=O) groups is 2. The number of aromatic amines is 1. The summed E-state index contributed by atoms with van der Waals surface area (Å²) >= 11 is 0. The molecule has 6 nitrogen and oxygen atoms in total. The molecule has 28 heavy (non-hydrogen) atoms. The quantitative estimate of drug-likeness (QED) is 0.650. The Balaban J connectivity index is 1.32. The van der Waals surface area contributed by atoms with Crippen LogP contribution in [-0.2, 0) is 11.3 Å². The molecule has 1 saturated heterocycles. The van der Waals surface area contributed by atoms with Crippen molar-refractivity contribution in [2.45, 2.75) is 25.9 Å². The van der Waals surface area contributed by atoms with Crippen LogP contribution in [0.25, 0.3) is 10.9 Å². The van der Waals surface area contributed by atoms with E-state index in [4.69, 9.17) is 0 Å². The number of anilines is 1. The fourth-order valence-electron chi connectivity index (χ4n) is 3.53. The van der Waals surface area contributed by atoms with Crippen LogP contribution in [0.15, 0.2) is 48.5 Å². The third kappa shape index (κ3) is 3.83. The van der Waals surface area contributed by atoms with Crippen molar-refractivity contribution < 1.29 is 14.0 Å². The first-order valence-electron chi connectivity index (χ1n) is 9.16. The molecular weight excluding hydrogens is 359 g/mol. The van der Waals surface area contributed by atoms with Gasteiger partial charge in [-0.25, -0.2) is 9.18 Å². The summed E-state index contributed by atoms with van der Waals surface area (Å²) in [6.07, 6.45) is 0.222. The topological polar surface area (TPSA) is 77.2 Å². The molecule has 1 aromatic heterocycles. The number of carbonyl (C=O) groups excluding carboxylic acids is 2. The van der Waals surface area contributed by atoms with Crippen LogP contribution in [0.1, 0.15) is 17.7 Å². The SMILES string of the molecule is Cc1cc2cc(CNC(=O)NC3CC(=O)N(c4ccc(F)cc4)C3)ccc2[nH]1. The van der Waals surface area contributed by atoms with E-state index in [-0.39, 0.29) is 30.2 Å². The predicted molar refractivity (Wildman–Crippen MR) is 106 cm³/mol. The second kappa shape index (κ2) is 7.34. The van der Waals surface area contributed by atoms with Gasteiger partial charge in [-0.2, -0.15) is 0 Å². The van der Waals surface area contributed by atoms with Gasteiger partial charge in [-0.05, 0) is 60.3 Å². The number of rotatable bonds is 4. The van der Waals surface area contributed by atoms with E-state index in [0.29, 0.717) is 18.8 Å². The van der Waals surface area contributed by atoms with Crippen LogP contribution in [0, 0.1) is 12.7 Å². The molecule has 0 spiro atoms. The molecule has 144 valence electrons. The lowest BCUT2D eigenvalue weighted by Crippen LogP contribution is -2.43. The Kier molecular flexibility index (Phi) is 4.73. The first-order valence-corrected chi connectivity index (χ1v) is 9.16. The van der Waals surface area contributed by atoms with Gasteiger partial charge in [0.2, 0.25) is 5.91 Å². The van der Waals surface area contributed by atoms with Gasteiger partial charge in [0, 0.05) is 36.4 Å². The van der Waals surface area contributed by atoms with E-state index in [9.17, 15) is 14.0 Å². The highest BCUT2D eigenvalue weighted by Gasteiger charge is 2.31. The number of H-pyrrole nitrogens is 1. The van der Waals surface area contributed by atoms with Crippen LogP contribution in [-0.4, -0.2) is 29.5 Å². The summed E-state index contributed by atoms with van der Waals surface area (Å²) < 4.78 is 13.1. The molecule has 4 rings (SSSR count). The lowest BCUT2D eigenvalue weighted by molar-refractivity contribution is -0.117. The molecule has 1 aliphatic rings. The highest BCUT2D eigenvalue weighted by molar-refractivity contribution is 5.96. The lowest BCUT2D eigenvalue weighted by atomic mass is 10.1. The molecule has 0 aliphatic carbocycles. The van der Waals surface area contributed by atoms with Crippen molar-refractivity contribution in [3.8, 4) is 0 Å². The van der Waals surface area contributed by atoms with Crippen molar-refractivity contribution in [2.24, 2.45) is 0 Å². The van der Waals surface area contributed by atoms with E-state index in [1.165, 1.54) is 12.1 Å². The van der Waals surface area contributed by atoms with Gasteiger partial charge in [0.05, 0.1) is 6.04 Å². The average molecular weight is 380 g/mol. The number of nitrogens with one attached hydrogen (secondary N) is 3. The first-order chi connectivity index (χ1) is 13.5. The zero-order chi connectivity index (χ0) is 19.7. The van der Waals surface area contributed by atoms with Gasteiger partial charge in [0.1, 0.15) is 5.82 Å². The molecule has 2 heterocycles. The second-order valence-corrected chi connectivity index (χ2v) is 7.08. The van der Waals surface area contributed by atoms with Crippen molar-refractivity contribution in [1.29, 1.82) is 0 Å². The Bertz CT molecular complexity index is 1030. The van der Waals surface area contributed by atoms with Gasteiger partial charge in [-0.15, -0.1) is 0 Å². The lowest BCUT2D eigenvalue weighted by Gasteiger charge is -2.17. The van der Waals surface area contributed by atoms with Crippen LogP contribution in [0.2, 0.25) is 0 Å². The van der Waals surface area contributed by atoms with Gasteiger partial charge in [0.15, 0.2) is 0 Å².